The van der Waals surface area contributed by atoms with E-state index in [0.717, 1.165) is 12.1 Å². The average Bonchev–Trinajstić information content (AvgIpc) is 2.48. The van der Waals surface area contributed by atoms with E-state index in [9.17, 15) is 4.79 Å². The molecule has 1 N–H and O–H groups in total. The molecule has 2 aromatic rings. The maximum absolute atomic E-state index is 11.7. The summed E-state index contributed by atoms with van der Waals surface area (Å²) in [6.45, 7) is 5.98. The van der Waals surface area contributed by atoms with E-state index in [-0.39, 0.29) is 0 Å². The highest BCUT2D eigenvalue weighted by atomic mass is 16.5. The van der Waals surface area contributed by atoms with E-state index in [1.165, 1.54) is 11.8 Å². The summed E-state index contributed by atoms with van der Waals surface area (Å²) in [6, 6.07) is 8.08. The molecule has 0 unspecified atom stereocenters. The van der Waals surface area contributed by atoms with Crippen molar-refractivity contribution < 1.29 is 9.53 Å². The monoisotopic (exact) mass is 285 g/mol. The maximum atomic E-state index is 11.7. The summed E-state index contributed by atoms with van der Waals surface area (Å²) >= 11 is 0. The Balaban J connectivity index is 2.14. The number of rotatable bonds is 5. The van der Waals surface area contributed by atoms with E-state index >= 15 is 0 Å². The second kappa shape index (κ2) is 6.83. The number of esters is 1. The van der Waals surface area contributed by atoms with Crippen LogP contribution in [0.1, 0.15) is 35.5 Å². The number of nitrogens with zero attached hydrogens (tertiary/aromatic N) is 2. The third kappa shape index (κ3) is 3.78. The van der Waals surface area contributed by atoms with Gasteiger partial charge in [-0.3, -0.25) is 0 Å². The lowest BCUT2D eigenvalue weighted by molar-refractivity contribution is 0.0524. The zero-order valence-electron chi connectivity index (χ0n) is 12.5. The van der Waals surface area contributed by atoms with Crippen LogP contribution in [0.15, 0.2) is 30.5 Å². The molecule has 0 aliphatic heterocycles. The van der Waals surface area contributed by atoms with E-state index in [2.05, 4.69) is 34.3 Å². The molecular formula is C16H19N3O2. The fraction of sp³-hybridized carbons (Fsp3) is 0.312. The molecule has 0 radical (unpaired) electrons. The van der Waals surface area contributed by atoms with Crippen LogP contribution in [0.25, 0.3) is 0 Å². The third-order valence-corrected chi connectivity index (χ3v) is 3.09. The van der Waals surface area contributed by atoms with Gasteiger partial charge in [-0.15, -0.1) is 0 Å². The normalized spacial score (nSPS) is 10.2. The molecule has 1 heterocycles. The molecule has 5 heteroatoms. The largest absolute Gasteiger partial charge is 0.462 e. The standard InChI is InChI=1S/C16H19N3O2/c1-4-12-6-8-13(9-7-12)19-16-17-10-14(11(3)18-16)15(20)21-5-2/h6-10H,4-5H2,1-3H3,(H,17,18,19). The van der Waals surface area contributed by atoms with E-state index in [1.54, 1.807) is 13.8 Å². The molecular weight excluding hydrogens is 266 g/mol. The van der Waals surface area contributed by atoms with Crippen molar-refractivity contribution in [3.8, 4) is 0 Å². The first-order valence-electron chi connectivity index (χ1n) is 7.00. The minimum absolute atomic E-state index is 0.335. The summed E-state index contributed by atoms with van der Waals surface area (Å²) < 4.78 is 4.95. The number of hydrogen-bond acceptors (Lipinski definition) is 5. The van der Waals surface area contributed by atoms with Gasteiger partial charge in [-0.2, -0.15) is 0 Å². The smallest absolute Gasteiger partial charge is 0.341 e. The van der Waals surface area contributed by atoms with Gasteiger partial charge < -0.3 is 10.1 Å². The van der Waals surface area contributed by atoms with Gasteiger partial charge in [-0.25, -0.2) is 14.8 Å². The van der Waals surface area contributed by atoms with Crippen LogP contribution in [0, 0.1) is 6.92 Å². The Bertz CT molecular complexity index is 624. The molecule has 0 saturated carbocycles. The highest BCUT2D eigenvalue weighted by Crippen LogP contribution is 2.15. The summed E-state index contributed by atoms with van der Waals surface area (Å²) in [5.74, 6) is 0.0682. The minimum Gasteiger partial charge on any atom is -0.462 e. The topological polar surface area (TPSA) is 64.1 Å². The van der Waals surface area contributed by atoms with Gasteiger partial charge in [-0.1, -0.05) is 19.1 Å². The lowest BCUT2D eigenvalue weighted by Crippen LogP contribution is -2.10. The minimum atomic E-state index is -0.395. The highest BCUT2D eigenvalue weighted by Gasteiger charge is 2.12. The van der Waals surface area contributed by atoms with Gasteiger partial charge in [0.05, 0.1) is 17.9 Å². The van der Waals surface area contributed by atoms with Crippen molar-refractivity contribution in [1.82, 2.24) is 9.97 Å². The van der Waals surface area contributed by atoms with Crippen LogP contribution < -0.4 is 5.32 Å². The predicted molar refractivity (Wildman–Crippen MR) is 81.8 cm³/mol. The number of nitrogens with one attached hydrogen (secondary N) is 1. The molecule has 0 amide bonds. The fourth-order valence-electron chi connectivity index (χ4n) is 1.89. The first-order chi connectivity index (χ1) is 10.1. The summed E-state index contributed by atoms with van der Waals surface area (Å²) in [5, 5.41) is 3.12. The molecule has 1 aromatic heterocycles. The number of anilines is 2. The van der Waals surface area contributed by atoms with Crippen molar-refractivity contribution in [3.05, 3.63) is 47.3 Å². The van der Waals surface area contributed by atoms with Crippen molar-refractivity contribution in [2.75, 3.05) is 11.9 Å². The summed E-state index contributed by atoms with van der Waals surface area (Å²) in [4.78, 5) is 20.1. The second-order valence-electron chi connectivity index (χ2n) is 4.59. The van der Waals surface area contributed by atoms with Crippen LogP contribution in [0.5, 0.6) is 0 Å². The Morgan fingerprint density at radius 1 is 1.24 bits per heavy atom. The van der Waals surface area contributed by atoms with Gasteiger partial charge in [0.15, 0.2) is 0 Å². The van der Waals surface area contributed by atoms with Crippen molar-refractivity contribution in [2.24, 2.45) is 0 Å². The molecule has 0 atom stereocenters. The molecule has 0 aliphatic carbocycles. The highest BCUT2D eigenvalue weighted by molar-refractivity contribution is 5.90. The zero-order valence-corrected chi connectivity index (χ0v) is 12.5. The molecule has 0 aliphatic rings. The van der Waals surface area contributed by atoms with Gasteiger partial charge in [0.25, 0.3) is 0 Å². The fourth-order valence-corrected chi connectivity index (χ4v) is 1.89. The predicted octanol–water partition coefficient (Wildman–Crippen LogP) is 3.27. The van der Waals surface area contributed by atoms with Gasteiger partial charge in [-0.05, 0) is 38.0 Å². The molecule has 5 nitrogen and oxygen atoms in total. The Morgan fingerprint density at radius 3 is 2.52 bits per heavy atom. The van der Waals surface area contributed by atoms with Crippen molar-refractivity contribution in [3.63, 3.8) is 0 Å². The number of benzene rings is 1. The summed E-state index contributed by atoms with van der Waals surface area (Å²) in [5.41, 5.74) is 3.17. The number of carbonyl (C=O) groups excluding carboxylic acids is 1. The van der Waals surface area contributed by atoms with Gasteiger partial charge in [0.2, 0.25) is 5.95 Å². The number of ether oxygens (including phenoxy) is 1. The van der Waals surface area contributed by atoms with E-state index in [4.69, 9.17) is 4.74 Å². The molecule has 0 fully saturated rings. The second-order valence-corrected chi connectivity index (χ2v) is 4.59. The lowest BCUT2D eigenvalue weighted by atomic mass is 10.1. The van der Waals surface area contributed by atoms with Crippen LogP contribution >= 0.6 is 0 Å². The Kier molecular flexibility index (Phi) is 4.87. The maximum Gasteiger partial charge on any atom is 0.341 e. The van der Waals surface area contributed by atoms with Crippen LogP contribution in [0.2, 0.25) is 0 Å². The molecule has 110 valence electrons. The first kappa shape index (κ1) is 15.0. The lowest BCUT2D eigenvalue weighted by Gasteiger charge is -2.08. The molecule has 21 heavy (non-hydrogen) atoms. The Labute approximate surface area is 124 Å². The van der Waals surface area contributed by atoms with Crippen molar-refractivity contribution >= 4 is 17.6 Å². The van der Waals surface area contributed by atoms with Gasteiger partial charge in [0, 0.05) is 11.9 Å². The summed E-state index contributed by atoms with van der Waals surface area (Å²) in [7, 11) is 0. The Morgan fingerprint density at radius 2 is 1.95 bits per heavy atom. The molecule has 2 rings (SSSR count). The quantitative estimate of drug-likeness (QED) is 0.854. The van der Waals surface area contributed by atoms with Crippen molar-refractivity contribution in [1.29, 1.82) is 0 Å². The van der Waals surface area contributed by atoms with Crippen LogP contribution in [-0.2, 0) is 11.2 Å². The van der Waals surface area contributed by atoms with E-state index in [1.807, 2.05) is 12.1 Å². The van der Waals surface area contributed by atoms with Gasteiger partial charge in [0.1, 0.15) is 0 Å². The number of carbonyl (C=O) groups is 1. The molecule has 0 spiro atoms. The molecule has 1 aromatic carbocycles. The SMILES string of the molecule is CCOC(=O)c1cnc(Nc2ccc(CC)cc2)nc1C. The number of aromatic nitrogens is 2. The Hall–Kier alpha value is -2.43. The van der Waals surface area contributed by atoms with Crippen LogP contribution in [0.3, 0.4) is 0 Å². The van der Waals surface area contributed by atoms with E-state index in [0.29, 0.717) is 23.8 Å². The number of hydrogen-bond donors (Lipinski definition) is 1. The number of aryl methyl sites for hydroxylation is 2. The van der Waals surface area contributed by atoms with Crippen molar-refractivity contribution in [2.45, 2.75) is 27.2 Å². The van der Waals surface area contributed by atoms with E-state index < -0.39 is 5.97 Å². The third-order valence-electron chi connectivity index (χ3n) is 3.09. The van der Waals surface area contributed by atoms with Crippen LogP contribution in [-0.4, -0.2) is 22.5 Å². The van der Waals surface area contributed by atoms with Crippen LogP contribution in [0.4, 0.5) is 11.6 Å². The summed E-state index contributed by atoms with van der Waals surface area (Å²) in [6.07, 6.45) is 2.49. The zero-order chi connectivity index (χ0) is 15.2. The van der Waals surface area contributed by atoms with Gasteiger partial charge >= 0.3 is 5.97 Å². The molecule has 0 bridgehead atoms. The first-order valence-corrected chi connectivity index (χ1v) is 7.00. The average molecular weight is 285 g/mol. The molecule has 0 saturated heterocycles.